The Morgan fingerprint density at radius 3 is 2.61 bits per heavy atom. The van der Waals surface area contributed by atoms with Gasteiger partial charge in [-0.1, -0.05) is 0 Å². The molecule has 7 heteroatoms. The highest BCUT2D eigenvalue weighted by Crippen LogP contribution is 2.21. The molecular weight excluding hydrogens is 307 g/mol. The van der Waals surface area contributed by atoms with Crippen molar-refractivity contribution < 1.29 is 18.0 Å². The van der Waals surface area contributed by atoms with Crippen molar-refractivity contribution in [1.82, 2.24) is 9.55 Å². The van der Waals surface area contributed by atoms with E-state index in [0.717, 1.165) is 23.5 Å². The molecule has 1 N–H and O–H groups in total. The van der Waals surface area contributed by atoms with Crippen molar-refractivity contribution in [2.75, 3.05) is 5.32 Å². The highest BCUT2D eigenvalue weighted by atomic mass is 19.2. The van der Waals surface area contributed by atoms with Crippen molar-refractivity contribution in [3.05, 3.63) is 59.2 Å². The minimum Gasteiger partial charge on any atom is -0.331 e. The third-order valence-electron chi connectivity index (χ3n) is 3.65. The van der Waals surface area contributed by atoms with Crippen molar-refractivity contribution in [2.45, 2.75) is 6.92 Å². The molecule has 0 aliphatic carbocycles. The molecule has 4 nitrogen and oxygen atoms in total. The number of hydrogen-bond donors (Lipinski definition) is 1. The quantitative estimate of drug-likeness (QED) is 0.734. The van der Waals surface area contributed by atoms with Crippen LogP contribution in [0, 0.1) is 24.4 Å². The maximum Gasteiger partial charge on any atom is 0.255 e. The molecule has 0 radical (unpaired) electrons. The summed E-state index contributed by atoms with van der Waals surface area (Å²) in [6.45, 7) is 1.83. The van der Waals surface area contributed by atoms with Gasteiger partial charge in [0.2, 0.25) is 0 Å². The van der Waals surface area contributed by atoms with Gasteiger partial charge in [-0.15, -0.1) is 0 Å². The van der Waals surface area contributed by atoms with Gasteiger partial charge in [0, 0.05) is 12.6 Å². The van der Waals surface area contributed by atoms with E-state index in [9.17, 15) is 18.0 Å². The monoisotopic (exact) mass is 319 g/mol. The Morgan fingerprint density at radius 1 is 1.13 bits per heavy atom. The minimum atomic E-state index is -1.63. The summed E-state index contributed by atoms with van der Waals surface area (Å²) in [5, 5.41) is 2.23. The molecule has 3 rings (SSSR count). The molecular formula is C16H12F3N3O. The van der Waals surface area contributed by atoms with Gasteiger partial charge < -0.3 is 9.88 Å². The maximum atomic E-state index is 13.6. The molecule has 0 saturated heterocycles. The van der Waals surface area contributed by atoms with Crippen LogP contribution in [0.3, 0.4) is 0 Å². The van der Waals surface area contributed by atoms with Crippen LogP contribution < -0.4 is 5.32 Å². The zero-order valence-electron chi connectivity index (χ0n) is 12.3. The van der Waals surface area contributed by atoms with Crippen LogP contribution in [0.15, 0.2) is 30.3 Å². The molecule has 1 aromatic heterocycles. The van der Waals surface area contributed by atoms with Crippen molar-refractivity contribution in [2.24, 2.45) is 7.05 Å². The lowest BCUT2D eigenvalue weighted by molar-refractivity contribution is 0.102. The third kappa shape index (κ3) is 2.54. The number of aromatic nitrogens is 2. The number of rotatable bonds is 2. The normalized spacial score (nSPS) is 11.0. The van der Waals surface area contributed by atoms with E-state index in [1.165, 1.54) is 0 Å². The fraction of sp³-hybridized carbons (Fsp3) is 0.125. The Labute approximate surface area is 129 Å². The van der Waals surface area contributed by atoms with Gasteiger partial charge in [0.25, 0.3) is 5.91 Å². The molecule has 0 spiro atoms. The first kappa shape index (κ1) is 15.1. The number of carbonyl (C=O) groups excluding carboxylic acids is 1. The van der Waals surface area contributed by atoms with Crippen LogP contribution in [0.4, 0.5) is 18.9 Å². The molecule has 0 aliphatic heterocycles. The Hall–Kier alpha value is -2.83. The number of halogens is 3. The van der Waals surface area contributed by atoms with E-state index in [1.54, 1.807) is 18.2 Å². The second-order valence-corrected chi connectivity index (χ2v) is 5.10. The Morgan fingerprint density at radius 2 is 1.87 bits per heavy atom. The second-order valence-electron chi connectivity index (χ2n) is 5.10. The van der Waals surface area contributed by atoms with Crippen molar-refractivity contribution in [3.63, 3.8) is 0 Å². The summed E-state index contributed by atoms with van der Waals surface area (Å²) in [6, 6.07) is 6.53. The molecule has 118 valence electrons. The van der Waals surface area contributed by atoms with E-state index >= 15 is 0 Å². The van der Waals surface area contributed by atoms with Crippen molar-refractivity contribution in [1.29, 1.82) is 0 Å². The summed E-state index contributed by atoms with van der Waals surface area (Å²) in [7, 11) is 1.85. The topological polar surface area (TPSA) is 46.9 Å². The molecule has 0 bridgehead atoms. The molecule has 0 aliphatic rings. The lowest BCUT2D eigenvalue weighted by Crippen LogP contribution is -2.14. The first-order valence-corrected chi connectivity index (χ1v) is 6.76. The van der Waals surface area contributed by atoms with Crippen LogP contribution in [0.5, 0.6) is 0 Å². The van der Waals surface area contributed by atoms with Crippen molar-refractivity contribution >= 4 is 22.6 Å². The number of benzene rings is 2. The fourth-order valence-electron chi connectivity index (χ4n) is 2.28. The smallest absolute Gasteiger partial charge is 0.255 e. The number of hydrogen-bond acceptors (Lipinski definition) is 2. The Bertz CT molecular complexity index is 934. The number of imidazole rings is 1. The first-order valence-electron chi connectivity index (χ1n) is 6.76. The highest BCUT2D eigenvalue weighted by Gasteiger charge is 2.16. The molecule has 0 saturated carbocycles. The van der Waals surface area contributed by atoms with Crippen LogP contribution in [-0.2, 0) is 7.05 Å². The second kappa shape index (κ2) is 5.42. The largest absolute Gasteiger partial charge is 0.331 e. The number of nitrogens with zero attached hydrogens (tertiary/aromatic N) is 2. The first-order chi connectivity index (χ1) is 10.9. The lowest BCUT2D eigenvalue weighted by Gasteiger charge is -2.07. The highest BCUT2D eigenvalue weighted by molar-refractivity contribution is 6.06. The van der Waals surface area contributed by atoms with E-state index in [-0.39, 0.29) is 5.56 Å². The Kier molecular flexibility index (Phi) is 3.55. The van der Waals surface area contributed by atoms with E-state index in [4.69, 9.17) is 0 Å². The van der Waals surface area contributed by atoms with E-state index in [0.29, 0.717) is 5.52 Å². The zero-order valence-corrected chi connectivity index (χ0v) is 12.3. The van der Waals surface area contributed by atoms with E-state index in [2.05, 4.69) is 10.3 Å². The predicted octanol–water partition coefficient (Wildman–Crippen LogP) is 3.55. The molecule has 23 heavy (non-hydrogen) atoms. The van der Waals surface area contributed by atoms with Gasteiger partial charge in [0.05, 0.1) is 16.7 Å². The molecule has 0 atom stereocenters. The van der Waals surface area contributed by atoms with Crippen LogP contribution in [-0.4, -0.2) is 15.5 Å². The zero-order chi connectivity index (χ0) is 16.7. The number of fused-ring (bicyclic) bond motifs is 1. The molecule has 0 fully saturated rings. The Balaban J connectivity index is 1.93. The lowest BCUT2D eigenvalue weighted by atomic mass is 10.1. The van der Waals surface area contributed by atoms with Crippen molar-refractivity contribution in [3.8, 4) is 0 Å². The molecule has 1 amide bonds. The number of anilines is 1. The average molecular weight is 319 g/mol. The number of aryl methyl sites for hydroxylation is 2. The van der Waals surface area contributed by atoms with Gasteiger partial charge in [-0.2, -0.15) is 0 Å². The van der Waals surface area contributed by atoms with Gasteiger partial charge in [-0.05, 0) is 37.3 Å². The van der Waals surface area contributed by atoms with Gasteiger partial charge in [-0.25, -0.2) is 18.2 Å². The van der Waals surface area contributed by atoms with E-state index < -0.39 is 29.0 Å². The summed E-state index contributed by atoms with van der Waals surface area (Å²) in [6.07, 6.45) is 0. The summed E-state index contributed by atoms with van der Waals surface area (Å²) < 4.78 is 41.6. The van der Waals surface area contributed by atoms with Crippen LogP contribution in [0.2, 0.25) is 0 Å². The SMILES string of the molecule is Cc1nc2cc(C(=O)Nc3ccc(F)c(F)c3F)ccc2n1C. The number of carbonyl (C=O) groups is 1. The summed E-state index contributed by atoms with van der Waals surface area (Å²) in [5.74, 6) is -4.23. The predicted molar refractivity (Wildman–Crippen MR) is 79.7 cm³/mol. The standard InChI is InChI=1S/C16H12F3N3O/c1-8-20-12-7-9(3-6-13(12)22(8)2)16(23)21-11-5-4-10(17)14(18)15(11)19/h3-7H,1-2H3,(H,21,23). The van der Waals surface area contributed by atoms with E-state index in [1.807, 2.05) is 18.5 Å². The fourth-order valence-corrected chi connectivity index (χ4v) is 2.28. The van der Waals surface area contributed by atoms with Crippen LogP contribution in [0.1, 0.15) is 16.2 Å². The third-order valence-corrected chi connectivity index (χ3v) is 3.65. The summed E-state index contributed by atoms with van der Waals surface area (Å²) >= 11 is 0. The van der Waals surface area contributed by atoms with Gasteiger partial charge in [0.1, 0.15) is 5.82 Å². The summed E-state index contributed by atoms with van der Waals surface area (Å²) in [4.78, 5) is 16.5. The number of amides is 1. The number of nitrogens with one attached hydrogen (secondary N) is 1. The molecule has 1 heterocycles. The van der Waals surface area contributed by atoms with Gasteiger partial charge >= 0.3 is 0 Å². The van der Waals surface area contributed by atoms with Crippen LogP contribution in [0.25, 0.3) is 11.0 Å². The summed E-state index contributed by atoms with van der Waals surface area (Å²) in [5.41, 5.74) is 1.27. The minimum absolute atomic E-state index is 0.236. The maximum absolute atomic E-state index is 13.6. The van der Waals surface area contributed by atoms with Gasteiger partial charge in [0.15, 0.2) is 17.5 Å². The van der Waals surface area contributed by atoms with Gasteiger partial charge in [-0.3, -0.25) is 4.79 Å². The molecule has 0 unspecified atom stereocenters. The molecule has 3 aromatic rings. The average Bonchev–Trinajstić information content (AvgIpc) is 2.82. The molecule has 2 aromatic carbocycles. The van der Waals surface area contributed by atoms with Crippen LogP contribution >= 0.6 is 0 Å².